The fourth-order valence-electron chi connectivity index (χ4n) is 2.52. The van der Waals surface area contributed by atoms with Gasteiger partial charge in [0, 0.05) is 44.2 Å². The second-order valence-electron chi connectivity index (χ2n) is 5.80. The second-order valence-corrected chi connectivity index (χ2v) is 6.97. The molecule has 1 heterocycles. The zero-order valence-electron chi connectivity index (χ0n) is 13.8. The molecule has 2 rings (SSSR count). The lowest BCUT2D eigenvalue weighted by molar-refractivity contribution is 0.122. The Morgan fingerprint density at radius 3 is 2.57 bits per heavy atom. The SMILES string of the molecule is Cc1ccc(SCCCNC(=O)N2CCN(CCO)CC2)cc1. The van der Waals surface area contributed by atoms with Gasteiger partial charge >= 0.3 is 6.03 Å². The molecule has 2 amide bonds. The van der Waals surface area contributed by atoms with Crippen LogP contribution in [0.3, 0.4) is 0 Å². The molecule has 1 fully saturated rings. The Balaban J connectivity index is 1.55. The summed E-state index contributed by atoms with van der Waals surface area (Å²) in [5.74, 6) is 1.01. The lowest BCUT2D eigenvalue weighted by atomic mass is 10.2. The summed E-state index contributed by atoms with van der Waals surface area (Å²) in [6.07, 6.45) is 0.967. The van der Waals surface area contributed by atoms with E-state index in [0.29, 0.717) is 13.1 Å². The minimum Gasteiger partial charge on any atom is -0.395 e. The third kappa shape index (κ3) is 6.41. The van der Waals surface area contributed by atoms with E-state index in [4.69, 9.17) is 5.11 Å². The van der Waals surface area contributed by atoms with Gasteiger partial charge in [0.1, 0.15) is 0 Å². The molecule has 1 aliphatic rings. The van der Waals surface area contributed by atoms with Crippen LogP contribution in [0.4, 0.5) is 4.79 Å². The number of rotatable bonds is 7. The predicted molar refractivity (Wildman–Crippen MR) is 95.0 cm³/mol. The van der Waals surface area contributed by atoms with Gasteiger partial charge < -0.3 is 15.3 Å². The molecule has 1 saturated heterocycles. The van der Waals surface area contributed by atoms with E-state index in [1.165, 1.54) is 10.5 Å². The number of nitrogens with one attached hydrogen (secondary N) is 1. The summed E-state index contributed by atoms with van der Waals surface area (Å²) in [4.78, 5) is 17.4. The summed E-state index contributed by atoms with van der Waals surface area (Å²) in [7, 11) is 0. The van der Waals surface area contributed by atoms with Crippen LogP contribution in [0.15, 0.2) is 29.2 Å². The molecule has 0 atom stereocenters. The third-order valence-electron chi connectivity index (χ3n) is 3.96. The average Bonchev–Trinajstić information content (AvgIpc) is 2.57. The standard InChI is InChI=1S/C17H27N3O2S/c1-15-3-5-16(6-4-15)23-14-2-7-18-17(22)20-10-8-19(9-11-20)12-13-21/h3-6,21H,2,7-14H2,1H3,(H,18,22). The van der Waals surface area contributed by atoms with Crippen molar-refractivity contribution in [2.45, 2.75) is 18.2 Å². The Bertz CT molecular complexity index is 473. The van der Waals surface area contributed by atoms with Gasteiger partial charge in [-0.25, -0.2) is 4.79 Å². The molecule has 0 unspecified atom stereocenters. The van der Waals surface area contributed by atoms with Crippen LogP contribution >= 0.6 is 11.8 Å². The largest absolute Gasteiger partial charge is 0.395 e. The topological polar surface area (TPSA) is 55.8 Å². The number of β-amino-alcohol motifs (C(OH)–C–C–N with tert-alkyl or cyclic N) is 1. The fraction of sp³-hybridized carbons (Fsp3) is 0.588. The number of aliphatic hydroxyl groups is 1. The Kier molecular flexibility index (Phi) is 7.71. The number of aryl methyl sites for hydroxylation is 1. The highest BCUT2D eigenvalue weighted by molar-refractivity contribution is 7.99. The van der Waals surface area contributed by atoms with Gasteiger partial charge in [0.15, 0.2) is 0 Å². The molecule has 2 N–H and O–H groups in total. The molecule has 6 heteroatoms. The maximum Gasteiger partial charge on any atom is 0.317 e. The summed E-state index contributed by atoms with van der Waals surface area (Å²) < 4.78 is 0. The molecule has 0 aliphatic carbocycles. The first kappa shape index (κ1) is 18.1. The molecule has 1 aromatic rings. The van der Waals surface area contributed by atoms with Crippen molar-refractivity contribution in [2.24, 2.45) is 0 Å². The van der Waals surface area contributed by atoms with E-state index in [9.17, 15) is 4.79 Å². The van der Waals surface area contributed by atoms with Gasteiger partial charge in [0.25, 0.3) is 0 Å². The lowest BCUT2D eigenvalue weighted by Gasteiger charge is -2.34. The summed E-state index contributed by atoms with van der Waals surface area (Å²) in [6.45, 7) is 6.86. The lowest BCUT2D eigenvalue weighted by Crippen LogP contribution is -2.52. The third-order valence-corrected chi connectivity index (χ3v) is 5.06. The van der Waals surface area contributed by atoms with Crippen molar-refractivity contribution >= 4 is 17.8 Å². The van der Waals surface area contributed by atoms with Crippen molar-refractivity contribution in [1.29, 1.82) is 0 Å². The van der Waals surface area contributed by atoms with Crippen LogP contribution in [-0.2, 0) is 0 Å². The van der Waals surface area contributed by atoms with Crippen LogP contribution in [0.5, 0.6) is 0 Å². The van der Waals surface area contributed by atoms with Gasteiger partial charge in [0.2, 0.25) is 0 Å². The molecule has 0 saturated carbocycles. The average molecular weight is 337 g/mol. The highest BCUT2D eigenvalue weighted by Crippen LogP contribution is 2.18. The van der Waals surface area contributed by atoms with Crippen molar-refractivity contribution in [1.82, 2.24) is 15.1 Å². The van der Waals surface area contributed by atoms with Crippen LogP contribution in [0.1, 0.15) is 12.0 Å². The maximum absolute atomic E-state index is 12.1. The van der Waals surface area contributed by atoms with Crippen LogP contribution in [0.2, 0.25) is 0 Å². The highest BCUT2D eigenvalue weighted by atomic mass is 32.2. The van der Waals surface area contributed by atoms with Gasteiger partial charge in [-0.1, -0.05) is 17.7 Å². The van der Waals surface area contributed by atoms with E-state index >= 15 is 0 Å². The number of carbonyl (C=O) groups is 1. The number of hydrogen-bond acceptors (Lipinski definition) is 4. The van der Waals surface area contributed by atoms with Gasteiger partial charge in [-0.2, -0.15) is 0 Å². The van der Waals surface area contributed by atoms with Gasteiger partial charge in [0.05, 0.1) is 6.61 Å². The van der Waals surface area contributed by atoms with Crippen molar-refractivity contribution in [3.63, 3.8) is 0 Å². The van der Waals surface area contributed by atoms with Gasteiger partial charge in [-0.3, -0.25) is 4.90 Å². The van der Waals surface area contributed by atoms with Crippen molar-refractivity contribution in [3.8, 4) is 0 Å². The molecule has 128 valence electrons. The van der Waals surface area contributed by atoms with E-state index < -0.39 is 0 Å². The number of nitrogens with zero attached hydrogens (tertiary/aromatic N) is 2. The number of carbonyl (C=O) groups excluding carboxylic acids is 1. The first-order valence-corrected chi connectivity index (χ1v) is 9.23. The van der Waals surface area contributed by atoms with E-state index in [0.717, 1.165) is 38.4 Å². The first-order valence-electron chi connectivity index (χ1n) is 8.24. The minimum absolute atomic E-state index is 0.0361. The first-order chi connectivity index (χ1) is 11.2. The van der Waals surface area contributed by atoms with Crippen molar-refractivity contribution in [2.75, 3.05) is 51.6 Å². The minimum atomic E-state index is 0.0361. The summed E-state index contributed by atoms with van der Waals surface area (Å²) in [5, 5.41) is 11.9. The second kappa shape index (κ2) is 9.80. The molecule has 1 aliphatic heterocycles. The number of thioether (sulfide) groups is 1. The molecule has 0 radical (unpaired) electrons. The van der Waals surface area contributed by atoms with Crippen LogP contribution in [0.25, 0.3) is 0 Å². The van der Waals surface area contributed by atoms with Crippen LogP contribution in [-0.4, -0.2) is 72.6 Å². The summed E-state index contributed by atoms with van der Waals surface area (Å²) in [6, 6.07) is 8.57. The number of piperazine rings is 1. The van der Waals surface area contributed by atoms with Crippen LogP contribution in [0, 0.1) is 6.92 Å². The van der Waals surface area contributed by atoms with E-state index in [1.54, 1.807) is 0 Å². The van der Waals surface area contributed by atoms with Gasteiger partial charge in [-0.05, 0) is 31.2 Å². The Morgan fingerprint density at radius 1 is 1.22 bits per heavy atom. The van der Waals surface area contributed by atoms with E-state index in [-0.39, 0.29) is 12.6 Å². The molecule has 1 aromatic carbocycles. The quantitative estimate of drug-likeness (QED) is 0.588. The normalized spacial score (nSPS) is 15.7. The Labute approximate surface area is 143 Å². The number of amides is 2. The molecular weight excluding hydrogens is 310 g/mol. The molecule has 0 aromatic heterocycles. The highest BCUT2D eigenvalue weighted by Gasteiger charge is 2.19. The maximum atomic E-state index is 12.1. The smallest absolute Gasteiger partial charge is 0.317 e. The van der Waals surface area contributed by atoms with Crippen molar-refractivity contribution in [3.05, 3.63) is 29.8 Å². The van der Waals surface area contributed by atoms with E-state index in [1.807, 2.05) is 16.7 Å². The number of urea groups is 1. The molecule has 23 heavy (non-hydrogen) atoms. The number of benzene rings is 1. The van der Waals surface area contributed by atoms with Crippen molar-refractivity contribution < 1.29 is 9.90 Å². The molecule has 5 nitrogen and oxygen atoms in total. The molecular formula is C17H27N3O2S. The zero-order chi connectivity index (χ0) is 16.5. The Hall–Kier alpha value is -1.24. The number of hydrogen-bond donors (Lipinski definition) is 2. The van der Waals surface area contributed by atoms with Crippen LogP contribution < -0.4 is 5.32 Å². The molecule has 0 bridgehead atoms. The van der Waals surface area contributed by atoms with E-state index in [2.05, 4.69) is 41.4 Å². The Morgan fingerprint density at radius 2 is 1.91 bits per heavy atom. The summed E-state index contributed by atoms with van der Waals surface area (Å²) >= 11 is 1.83. The molecule has 0 spiro atoms. The van der Waals surface area contributed by atoms with Gasteiger partial charge in [-0.15, -0.1) is 11.8 Å². The monoisotopic (exact) mass is 337 g/mol. The fourth-order valence-corrected chi connectivity index (χ4v) is 3.37. The predicted octanol–water partition coefficient (Wildman–Crippen LogP) is 1.80. The summed E-state index contributed by atoms with van der Waals surface area (Å²) in [5.41, 5.74) is 1.28. The number of aliphatic hydroxyl groups excluding tert-OH is 1. The zero-order valence-corrected chi connectivity index (χ0v) is 14.6.